The maximum absolute atomic E-state index is 12.3. The van der Waals surface area contributed by atoms with Crippen LogP contribution >= 0.6 is 11.8 Å². The summed E-state index contributed by atoms with van der Waals surface area (Å²) in [7, 11) is 0. The van der Waals surface area contributed by atoms with Crippen molar-refractivity contribution in [3.8, 4) is 5.75 Å². The third kappa shape index (κ3) is 3.33. The summed E-state index contributed by atoms with van der Waals surface area (Å²) >= 11 is 1.24. The SMILES string of the molecule is C[C@@H](O)[C@H]1C(=O)N2C(C(=O)[O-])C(Oc3cccc(C[n+]4ccccc4)c3)S[C@H]12. The second-order valence-corrected chi connectivity index (χ2v) is 8.20. The molecule has 2 fully saturated rings. The van der Waals surface area contributed by atoms with Crippen molar-refractivity contribution in [3.63, 3.8) is 0 Å². The van der Waals surface area contributed by atoms with Crippen molar-refractivity contribution in [2.75, 3.05) is 0 Å². The van der Waals surface area contributed by atoms with E-state index in [1.54, 1.807) is 6.07 Å². The Hall–Kier alpha value is -2.58. The second kappa shape index (κ2) is 7.44. The van der Waals surface area contributed by atoms with Gasteiger partial charge in [-0.3, -0.25) is 4.79 Å². The molecule has 0 saturated carbocycles. The molecule has 0 spiro atoms. The number of pyridine rings is 1. The number of benzene rings is 1. The van der Waals surface area contributed by atoms with Gasteiger partial charge < -0.3 is 24.6 Å². The smallest absolute Gasteiger partial charge is 0.232 e. The summed E-state index contributed by atoms with van der Waals surface area (Å²) in [6.07, 6.45) is 3.08. The lowest BCUT2D eigenvalue weighted by molar-refractivity contribution is -0.688. The number of aliphatic hydroxyl groups is 1. The topological polar surface area (TPSA) is 93.8 Å². The van der Waals surface area contributed by atoms with Crippen LogP contribution in [0.4, 0.5) is 0 Å². The Morgan fingerprint density at radius 3 is 2.75 bits per heavy atom. The summed E-state index contributed by atoms with van der Waals surface area (Å²) in [5.41, 5.74) is 0.213. The number of aromatic nitrogens is 1. The monoisotopic (exact) mass is 400 g/mol. The van der Waals surface area contributed by atoms with E-state index in [9.17, 15) is 19.8 Å². The summed E-state index contributed by atoms with van der Waals surface area (Å²) in [6, 6.07) is 12.1. The van der Waals surface area contributed by atoms with E-state index in [1.165, 1.54) is 23.6 Å². The van der Waals surface area contributed by atoms with Crippen LogP contribution in [0.3, 0.4) is 0 Å². The fourth-order valence-electron chi connectivity index (χ4n) is 3.66. The molecule has 146 valence electrons. The molecule has 0 radical (unpaired) electrons. The zero-order chi connectivity index (χ0) is 19.8. The minimum Gasteiger partial charge on any atom is -0.548 e. The fraction of sp³-hybridized carbons (Fsp3) is 0.350. The highest BCUT2D eigenvalue weighted by Crippen LogP contribution is 2.49. The first-order valence-corrected chi connectivity index (χ1v) is 9.96. The van der Waals surface area contributed by atoms with Crippen molar-refractivity contribution >= 4 is 23.6 Å². The first-order valence-electron chi connectivity index (χ1n) is 9.02. The Labute approximate surface area is 166 Å². The summed E-state index contributed by atoms with van der Waals surface area (Å²) in [5.74, 6) is -1.81. The number of nitrogens with zero attached hydrogens (tertiary/aromatic N) is 2. The number of carbonyl (C=O) groups excluding carboxylic acids is 2. The van der Waals surface area contributed by atoms with Crippen LogP contribution in [0.25, 0.3) is 0 Å². The van der Waals surface area contributed by atoms with Gasteiger partial charge in [0.05, 0.1) is 23.4 Å². The van der Waals surface area contributed by atoms with Gasteiger partial charge in [0.15, 0.2) is 24.4 Å². The minimum absolute atomic E-state index is 0.373. The highest BCUT2D eigenvalue weighted by Gasteiger charge is 2.61. The molecule has 28 heavy (non-hydrogen) atoms. The van der Waals surface area contributed by atoms with E-state index in [2.05, 4.69) is 0 Å². The number of hydrogen-bond acceptors (Lipinski definition) is 6. The van der Waals surface area contributed by atoms with Gasteiger partial charge in [-0.15, -0.1) is 0 Å². The van der Waals surface area contributed by atoms with Crippen molar-refractivity contribution in [3.05, 3.63) is 60.4 Å². The Morgan fingerprint density at radius 2 is 2.07 bits per heavy atom. The standard InChI is InChI=1S/C20H20N2O5S/c1-12(23)15-17(24)22-16(19(25)26)20(28-18(15)22)27-14-7-5-6-13(10-14)11-21-8-3-2-4-9-21/h2-10,12,15-16,18,20,23H,11H2,1H3/t12-,15+,16?,18-,20?/m1/s1. The molecule has 2 aliphatic rings. The predicted molar refractivity (Wildman–Crippen MR) is 98.8 cm³/mol. The van der Waals surface area contributed by atoms with E-state index in [4.69, 9.17) is 4.74 Å². The zero-order valence-corrected chi connectivity index (χ0v) is 16.0. The van der Waals surface area contributed by atoms with E-state index >= 15 is 0 Å². The van der Waals surface area contributed by atoms with E-state index in [-0.39, 0.29) is 5.91 Å². The molecule has 2 unspecified atom stereocenters. The average Bonchev–Trinajstić information content (AvgIpc) is 2.97. The van der Waals surface area contributed by atoms with Gasteiger partial charge in [0.2, 0.25) is 5.91 Å². The van der Waals surface area contributed by atoms with Gasteiger partial charge >= 0.3 is 0 Å². The molecule has 2 aromatic rings. The molecule has 4 rings (SSSR count). The van der Waals surface area contributed by atoms with Crippen LogP contribution < -0.4 is 14.4 Å². The number of aliphatic carboxylic acids is 1. The fourth-order valence-corrected chi connectivity index (χ4v) is 5.37. The molecule has 8 heteroatoms. The highest BCUT2D eigenvalue weighted by molar-refractivity contribution is 8.00. The number of thioether (sulfide) groups is 1. The summed E-state index contributed by atoms with van der Waals surface area (Å²) in [4.78, 5) is 25.2. The largest absolute Gasteiger partial charge is 0.548 e. The first kappa shape index (κ1) is 18.8. The zero-order valence-electron chi connectivity index (χ0n) is 15.2. The molecule has 3 heterocycles. The number of carboxylic acid groups (broad SMARTS) is 1. The number of β-lactam (4-membered cyclic amide) rings is 1. The molecule has 1 aromatic carbocycles. The normalized spacial score (nSPS) is 27.1. The molecule has 2 aliphatic heterocycles. The third-order valence-corrected chi connectivity index (χ3v) is 6.43. The number of aliphatic hydroxyl groups excluding tert-OH is 1. The first-order chi connectivity index (χ1) is 13.5. The number of rotatable bonds is 6. The number of hydrogen-bond donors (Lipinski definition) is 1. The van der Waals surface area contributed by atoms with Crippen LogP contribution in [-0.4, -0.2) is 44.8 Å². The van der Waals surface area contributed by atoms with Gasteiger partial charge in [-0.05, 0) is 19.1 Å². The molecular formula is C20H20N2O5S. The summed E-state index contributed by atoms with van der Waals surface area (Å²) in [5, 5.41) is 21.0. The number of carbonyl (C=O) groups is 2. The van der Waals surface area contributed by atoms with Crippen LogP contribution in [0.15, 0.2) is 54.9 Å². The maximum Gasteiger partial charge on any atom is 0.232 e. The number of carboxylic acids is 1. The van der Waals surface area contributed by atoms with Crippen molar-refractivity contribution < 1.29 is 29.1 Å². The Balaban J connectivity index is 1.51. The van der Waals surface area contributed by atoms with Crippen molar-refractivity contribution in [1.82, 2.24) is 4.90 Å². The second-order valence-electron chi connectivity index (χ2n) is 6.98. The molecule has 7 nitrogen and oxygen atoms in total. The number of ether oxygens (including phenoxy) is 1. The Morgan fingerprint density at radius 1 is 1.32 bits per heavy atom. The lowest BCUT2D eigenvalue weighted by Gasteiger charge is -2.45. The third-order valence-electron chi connectivity index (χ3n) is 5.01. The van der Waals surface area contributed by atoms with E-state index < -0.39 is 34.8 Å². The van der Waals surface area contributed by atoms with Crippen LogP contribution in [0.5, 0.6) is 5.75 Å². The van der Waals surface area contributed by atoms with E-state index in [1.807, 2.05) is 53.4 Å². The van der Waals surface area contributed by atoms with Crippen LogP contribution in [-0.2, 0) is 16.1 Å². The summed E-state index contributed by atoms with van der Waals surface area (Å²) < 4.78 is 7.96. The molecule has 1 N–H and O–H groups in total. The lowest BCUT2D eigenvalue weighted by Crippen LogP contribution is -2.66. The molecule has 5 atom stereocenters. The molecular weight excluding hydrogens is 380 g/mol. The predicted octanol–water partition coefficient (Wildman–Crippen LogP) is -0.242. The van der Waals surface area contributed by atoms with Gasteiger partial charge in [-0.2, -0.15) is 0 Å². The molecule has 2 saturated heterocycles. The summed E-state index contributed by atoms with van der Waals surface area (Å²) in [6.45, 7) is 2.19. The molecule has 0 bridgehead atoms. The van der Waals surface area contributed by atoms with Crippen LogP contribution in [0, 0.1) is 5.92 Å². The van der Waals surface area contributed by atoms with Gasteiger partial charge in [-0.25, -0.2) is 4.57 Å². The molecule has 0 aliphatic carbocycles. The molecule has 1 aromatic heterocycles. The number of fused-ring (bicyclic) bond motifs is 1. The van der Waals surface area contributed by atoms with Crippen molar-refractivity contribution in [2.45, 2.75) is 36.4 Å². The van der Waals surface area contributed by atoms with Gasteiger partial charge in [-0.1, -0.05) is 30.0 Å². The quantitative estimate of drug-likeness (QED) is 0.531. The maximum atomic E-state index is 12.3. The molecule has 1 amide bonds. The minimum atomic E-state index is -1.35. The lowest BCUT2D eigenvalue weighted by atomic mass is 9.91. The Kier molecular flexibility index (Phi) is 4.99. The van der Waals surface area contributed by atoms with Gasteiger partial charge in [0.25, 0.3) is 0 Å². The van der Waals surface area contributed by atoms with Gasteiger partial charge in [0.1, 0.15) is 11.8 Å². The number of amides is 1. The highest BCUT2D eigenvalue weighted by atomic mass is 32.2. The van der Waals surface area contributed by atoms with E-state index in [0.717, 1.165) is 5.56 Å². The van der Waals surface area contributed by atoms with Gasteiger partial charge in [0, 0.05) is 17.7 Å². The van der Waals surface area contributed by atoms with Crippen molar-refractivity contribution in [1.29, 1.82) is 0 Å². The Bertz CT molecular complexity index is 891. The average molecular weight is 400 g/mol. The van der Waals surface area contributed by atoms with Crippen LogP contribution in [0.1, 0.15) is 12.5 Å². The van der Waals surface area contributed by atoms with Crippen molar-refractivity contribution in [2.24, 2.45) is 5.92 Å². The van der Waals surface area contributed by atoms with E-state index in [0.29, 0.717) is 12.3 Å². The van der Waals surface area contributed by atoms with Crippen LogP contribution in [0.2, 0.25) is 0 Å².